The van der Waals surface area contributed by atoms with Gasteiger partial charge in [0.15, 0.2) is 0 Å². The maximum atomic E-state index is 12.8. The molecule has 3 heterocycles. The number of hydrogen-bond donors (Lipinski definition) is 1. The van der Waals surface area contributed by atoms with E-state index in [1.165, 1.54) is 19.5 Å². The van der Waals surface area contributed by atoms with E-state index in [1.807, 2.05) is 12.1 Å². The number of aromatic nitrogens is 1. The Labute approximate surface area is 146 Å². The van der Waals surface area contributed by atoms with E-state index in [-0.39, 0.29) is 17.6 Å². The van der Waals surface area contributed by atoms with Crippen molar-refractivity contribution < 1.29 is 18.7 Å². The lowest BCUT2D eigenvalue weighted by Crippen LogP contribution is -2.42. The maximum Gasteiger partial charge on any atom is 0.339 e. The Balaban J connectivity index is 1.76. The summed E-state index contributed by atoms with van der Waals surface area (Å²) in [6, 6.07) is 4.93. The first kappa shape index (κ1) is 17.0. The zero-order valence-corrected chi connectivity index (χ0v) is 14.3. The number of carbonyl (C=O) groups excluding carboxylic acids is 2. The average molecular weight is 343 g/mol. The third-order valence-electron chi connectivity index (χ3n) is 4.41. The Bertz CT molecular complexity index is 745. The zero-order valence-electron chi connectivity index (χ0n) is 14.3. The Morgan fingerprint density at radius 1 is 1.40 bits per heavy atom. The first-order valence-corrected chi connectivity index (χ1v) is 8.23. The standard InChI is InChI=1S/C18H21N3O4/c1-12-5-6-21(15(8-12)16-4-3-7-25-16)18(23)20-14-9-13(10-19-11-14)17(22)24-2/h3-4,7,9-12,15H,5-6,8H2,1-2H3,(H,20,23)/t12-,15+/m1/s1. The van der Waals surface area contributed by atoms with Gasteiger partial charge in [-0.25, -0.2) is 9.59 Å². The number of amides is 2. The Morgan fingerprint density at radius 3 is 2.96 bits per heavy atom. The number of esters is 1. The number of piperidine rings is 1. The lowest BCUT2D eigenvalue weighted by molar-refractivity contribution is 0.0600. The van der Waals surface area contributed by atoms with Crippen LogP contribution in [0.2, 0.25) is 0 Å². The van der Waals surface area contributed by atoms with Crippen molar-refractivity contribution in [3.05, 3.63) is 48.2 Å². The molecule has 0 aromatic carbocycles. The lowest BCUT2D eigenvalue weighted by Gasteiger charge is -2.37. The molecule has 132 valence electrons. The van der Waals surface area contributed by atoms with E-state index in [1.54, 1.807) is 17.2 Å². The van der Waals surface area contributed by atoms with E-state index < -0.39 is 5.97 Å². The molecule has 2 aromatic heterocycles. The predicted octanol–water partition coefficient (Wildman–Crippen LogP) is 3.47. The van der Waals surface area contributed by atoms with Crippen molar-refractivity contribution in [3.8, 4) is 0 Å². The molecule has 1 saturated heterocycles. The molecule has 1 fully saturated rings. The van der Waals surface area contributed by atoms with Crippen LogP contribution in [0.3, 0.4) is 0 Å². The number of urea groups is 1. The zero-order chi connectivity index (χ0) is 17.8. The third kappa shape index (κ3) is 3.81. The molecule has 0 spiro atoms. The predicted molar refractivity (Wildman–Crippen MR) is 91.1 cm³/mol. The summed E-state index contributed by atoms with van der Waals surface area (Å²) in [5, 5.41) is 2.81. The highest BCUT2D eigenvalue weighted by Crippen LogP contribution is 2.34. The summed E-state index contributed by atoms with van der Waals surface area (Å²) in [5.74, 6) is 0.801. The molecular formula is C18H21N3O4. The molecule has 25 heavy (non-hydrogen) atoms. The first-order valence-electron chi connectivity index (χ1n) is 8.23. The van der Waals surface area contributed by atoms with Gasteiger partial charge in [0.2, 0.25) is 0 Å². The van der Waals surface area contributed by atoms with E-state index in [9.17, 15) is 9.59 Å². The van der Waals surface area contributed by atoms with Gasteiger partial charge in [-0.2, -0.15) is 0 Å². The number of ether oxygens (including phenoxy) is 1. The molecule has 1 aliphatic rings. The highest BCUT2D eigenvalue weighted by molar-refractivity contribution is 5.93. The summed E-state index contributed by atoms with van der Waals surface area (Å²) in [6.07, 6.45) is 6.30. The van der Waals surface area contributed by atoms with Crippen molar-refractivity contribution in [3.63, 3.8) is 0 Å². The fourth-order valence-electron chi connectivity index (χ4n) is 3.07. The summed E-state index contributed by atoms with van der Waals surface area (Å²) in [5.41, 5.74) is 0.736. The van der Waals surface area contributed by atoms with Gasteiger partial charge in [0.05, 0.1) is 36.9 Å². The molecule has 0 bridgehead atoms. The van der Waals surface area contributed by atoms with E-state index in [2.05, 4.69) is 22.0 Å². The molecular weight excluding hydrogens is 322 g/mol. The second-order valence-corrected chi connectivity index (χ2v) is 6.24. The number of carbonyl (C=O) groups is 2. The molecule has 3 rings (SSSR count). The fraction of sp³-hybridized carbons (Fsp3) is 0.389. The Hall–Kier alpha value is -2.83. The number of pyridine rings is 1. The number of likely N-dealkylation sites (tertiary alicyclic amines) is 1. The number of methoxy groups -OCH3 is 1. The number of furan rings is 1. The van der Waals surface area contributed by atoms with Gasteiger partial charge in [-0.05, 0) is 37.0 Å². The Morgan fingerprint density at radius 2 is 2.24 bits per heavy atom. The van der Waals surface area contributed by atoms with Crippen LogP contribution >= 0.6 is 0 Å². The maximum absolute atomic E-state index is 12.8. The lowest BCUT2D eigenvalue weighted by atomic mass is 9.91. The molecule has 7 heteroatoms. The van der Waals surface area contributed by atoms with Crippen LogP contribution in [0.1, 0.15) is 41.9 Å². The highest BCUT2D eigenvalue weighted by atomic mass is 16.5. The van der Waals surface area contributed by atoms with Crippen LogP contribution in [0, 0.1) is 5.92 Å². The molecule has 1 N–H and O–H groups in total. The van der Waals surface area contributed by atoms with Gasteiger partial charge in [-0.15, -0.1) is 0 Å². The molecule has 7 nitrogen and oxygen atoms in total. The molecule has 2 atom stereocenters. The third-order valence-corrected chi connectivity index (χ3v) is 4.41. The van der Waals surface area contributed by atoms with E-state index >= 15 is 0 Å². The second kappa shape index (κ2) is 7.38. The minimum atomic E-state index is -0.496. The summed E-state index contributed by atoms with van der Waals surface area (Å²) in [4.78, 5) is 30.1. The number of anilines is 1. The van der Waals surface area contributed by atoms with Gasteiger partial charge in [-0.1, -0.05) is 6.92 Å². The highest BCUT2D eigenvalue weighted by Gasteiger charge is 2.32. The average Bonchev–Trinajstić information content (AvgIpc) is 3.15. The van der Waals surface area contributed by atoms with Crippen molar-refractivity contribution in [2.75, 3.05) is 19.0 Å². The molecule has 0 aliphatic carbocycles. The van der Waals surface area contributed by atoms with Gasteiger partial charge in [0.25, 0.3) is 0 Å². The van der Waals surface area contributed by atoms with E-state index in [0.29, 0.717) is 18.2 Å². The number of hydrogen-bond acceptors (Lipinski definition) is 5. The van der Waals surface area contributed by atoms with Gasteiger partial charge in [-0.3, -0.25) is 4.98 Å². The summed E-state index contributed by atoms with van der Waals surface area (Å²) in [6.45, 7) is 2.82. The van der Waals surface area contributed by atoms with Gasteiger partial charge in [0, 0.05) is 12.7 Å². The van der Waals surface area contributed by atoms with Crippen LogP contribution in [-0.2, 0) is 4.74 Å². The summed E-state index contributed by atoms with van der Waals surface area (Å²) < 4.78 is 10.2. The molecule has 1 aliphatic heterocycles. The SMILES string of the molecule is COC(=O)c1cncc(NC(=O)N2CC[C@@H](C)C[C@H]2c2ccco2)c1. The van der Waals surface area contributed by atoms with Gasteiger partial charge in [0.1, 0.15) is 5.76 Å². The minimum Gasteiger partial charge on any atom is -0.467 e. The van der Waals surface area contributed by atoms with E-state index in [0.717, 1.165) is 18.6 Å². The smallest absolute Gasteiger partial charge is 0.339 e. The number of rotatable bonds is 3. The number of nitrogens with zero attached hydrogens (tertiary/aromatic N) is 2. The van der Waals surface area contributed by atoms with Gasteiger partial charge >= 0.3 is 12.0 Å². The van der Waals surface area contributed by atoms with Crippen LogP contribution in [0.4, 0.5) is 10.5 Å². The second-order valence-electron chi connectivity index (χ2n) is 6.24. The van der Waals surface area contributed by atoms with Crippen LogP contribution in [0.5, 0.6) is 0 Å². The van der Waals surface area contributed by atoms with Gasteiger partial charge < -0.3 is 19.4 Å². The van der Waals surface area contributed by atoms with Crippen molar-refractivity contribution in [1.29, 1.82) is 0 Å². The fourth-order valence-corrected chi connectivity index (χ4v) is 3.07. The summed E-state index contributed by atoms with van der Waals surface area (Å²) >= 11 is 0. The molecule has 0 unspecified atom stereocenters. The minimum absolute atomic E-state index is 0.101. The molecule has 2 aromatic rings. The number of nitrogens with one attached hydrogen (secondary N) is 1. The van der Waals surface area contributed by atoms with Crippen molar-refractivity contribution in [2.45, 2.75) is 25.8 Å². The molecule has 0 radical (unpaired) electrons. The first-order chi connectivity index (χ1) is 12.1. The van der Waals surface area contributed by atoms with Crippen molar-refractivity contribution in [1.82, 2.24) is 9.88 Å². The van der Waals surface area contributed by atoms with Crippen molar-refractivity contribution >= 4 is 17.7 Å². The van der Waals surface area contributed by atoms with Crippen molar-refractivity contribution in [2.24, 2.45) is 5.92 Å². The van der Waals surface area contributed by atoms with Crippen LogP contribution in [0.25, 0.3) is 0 Å². The molecule has 2 amide bonds. The monoisotopic (exact) mass is 343 g/mol. The largest absolute Gasteiger partial charge is 0.467 e. The van der Waals surface area contributed by atoms with E-state index in [4.69, 9.17) is 4.42 Å². The summed E-state index contributed by atoms with van der Waals surface area (Å²) in [7, 11) is 1.30. The normalized spacial score (nSPS) is 20.2. The van der Waals surface area contributed by atoms with Crippen LogP contribution in [0.15, 0.2) is 41.3 Å². The molecule has 0 saturated carbocycles. The van der Waals surface area contributed by atoms with Crippen LogP contribution in [-0.4, -0.2) is 35.5 Å². The van der Waals surface area contributed by atoms with Crippen LogP contribution < -0.4 is 5.32 Å². The topological polar surface area (TPSA) is 84.7 Å². The Kier molecular flexibility index (Phi) is 5.02. The quantitative estimate of drug-likeness (QED) is 0.863.